The Morgan fingerprint density at radius 1 is 1.55 bits per heavy atom. The molecule has 22 heavy (non-hydrogen) atoms. The van der Waals surface area contributed by atoms with Gasteiger partial charge in [0.1, 0.15) is 10.9 Å². The van der Waals surface area contributed by atoms with Gasteiger partial charge in [0.05, 0.1) is 21.3 Å². The Balaban J connectivity index is 1.70. The van der Waals surface area contributed by atoms with Crippen molar-refractivity contribution in [2.75, 3.05) is 5.08 Å². The number of carboxylic acid groups (broad SMARTS) is 1. The Hall–Kier alpha value is -0.750. The lowest BCUT2D eigenvalue weighted by Gasteiger charge is -2.43. The highest BCUT2D eigenvalue weighted by atomic mass is 32.2. The number of aliphatic hydroxyl groups is 1. The summed E-state index contributed by atoms with van der Waals surface area (Å²) in [6, 6.07) is 0. The Bertz CT molecular complexity index is 633. The molecule has 2 aliphatic rings. The lowest BCUT2D eigenvalue weighted by molar-refractivity contribution is -0.156. The zero-order valence-corrected chi connectivity index (χ0v) is 14.5. The molecule has 0 saturated carbocycles. The SMILES string of the molecule is CC(O)[C@H]1C(=O)N2C(C(=O)O)=C(SCSc3nncs3)S[C@H]12. The zero-order chi connectivity index (χ0) is 15.9. The van der Waals surface area contributed by atoms with Crippen LogP contribution in [0.3, 0.4) is 0 Å². The monoisotopic (exact) mass is 377 g/mol. The van der Waals surface area contributed by atoms with Crippen molar-refractivity contribution in [2.24, 2.45) is 5.92 Å². The van der Waals surface area contributed by atoms with Crippen molar-refractivity contribution in [3.63, 3.8) is 0 Å². The van der Waals surface area contributed by atoms with Crippen LogP contribution >= 0.6 is 46.6 Å². The van der Waals surface area contributed by atoms with Gasteiger partial charge in [-0.3, -0.25) is 9.69 Å². The minimum atomic E-state index is -1.11. The molecule has 1 amide bonds. The van der Waals surface area contributed by atoms with Crippen LogP contribution in [-0.2, 0) is 9.59 Å². The van der Waals surface area contributed by atoms with Crippen LogP contribution in [0.4, 0.5) is 0 Å². The van der Waals surface area contributed by atoms with E-state index in [9.17, 15) is 19.8 Å². The maximum atomic E-state index is 12.0. The van der Waals surface area contributed by atoms with E-state index in [-0.39, 0.29) is 17.0 Å². The fourth-order valence-corrected chi connectivity index (χ4v) is 7.14. The van der Waals surface area contributed by atoms with E-state index in [1.54, 1.807) is 12.4 Å². The van der Waals surface area contributed by atoms with Crippen LogP contribution in [0.2, 0.25) is 0 Å². The summed E-state index contributed by atoms with van der Waals surface area (Å²) >= 11 is 5.60. The average molecular weight is 377 g/mol. The van der Waals surface area contributed by atoms with Crippen molar-refractivity contribution >= 4 is 58.5 Å². The Morgan fingerprint density at radius 2 is 2.32 bits per heavy atom. The van der Waals surface area contributed by atoms with E-state index < -0.39 is 18.0 Å². The van der Waals surface area contributed by atoms with Crippen molar-refractivity contribution < 1.29 is 19.8 Å². The summed E-state index contributed by atoms with van der Waals surface area (Å²) in [7, 11) is 0. The van der Waals surface area contributed by atoms with Crippen molar-refractivity contribution in [3.8, 4) is 0 Å². The molecule has 0 aromatic carbocycles. The first-order chi connectivity index (χ1) is 10.5. The summed E-state index contributed by atoms with van der Waals surface area (Å²) in [5.41, 5.74) is 1.66. The summed E-state index contributed by atoms with van der Waals surface area (Å²) in [6.45, 7) is 1.55. The highest BCUT2D eigenvalue weighted by Gasteiger charge is 2.57. The number of thioether (sulfide) groups is 3. The van der Waals surface area contributed by atoms with Gasteiger partial charge in [-0.15, -0.1) is 22.0 Å². The lowest BCUT2D eigenvalue weighted by atomic mass is 9.92. The highest BCUT2D eigenvalue weighted by Crippen LogP contribution is 2.54. The van der Waals surface area contributed by atoms with Crippen molar-refractivity contribution in [1.29, 1.82) is 0 Å². The maximum Gasteiger partial charge on any atom is 0.354 e. The molecular formula is C11H11N3O4S4. The molecule has 7 nitrogen and oxygen atoms in total. The largest absolute Gasteiger partial charge is 0.477 e. The Morgan fingerprint density at radius 3 is 2.91 bits per heavy atom. The summed E-state index contributed by atoms with van der Waals surface area (Å²) in [6.07, 6.45) is -0.781. The first-order valence-corrected chi connectivity index (χ1v) is 9.91. The van der Waals surface area contributed by atoms with E-state index in [1.807, 2.05) is 0 Å². The van der Waals surface area contributed by atoms with Gasteiger partial charge >= 0.3 is 5.97 Å². The van der Waals surface area contributed by atoms with Gasteiger partial charge in [-0.25, -0.2) is 4.79 Å². The molecule has 118 valence electrons. The van der Waals surface area contributed by atoms with Crippen LogP contribution in [0.25, 0.3) is 0 Å². The molecule has 0 bridgehead atoms. The summed E-state index contributed by atoms with van der Waals surface area (Å²) in [5.74, 6) is -1.97. The molecule has 3 rings (SSSR count). The molecule has 1 saturated heterocycles. The number of carboxylic acids is 1. The molecule has 3 heterocycles. The van der Waals surface area contributed by atoms with Gasteiger partial charge in [0.25, 0.3) is 0 Å². The molecule has 0 aliphatic carbocycles. The number of amides is 1. The first-order valence-electron chi connectivity index (χ1n) is 6.18. The van der Waals surface area contributed by atoms with Crippen LogP contribution in [0.15, 0.2) is 19.8 Å². The zero-order valence-electron chi connectivity index (χ0n) is 11.2. The number of carbonyl (C=O) groups is 2. The number of hydrogen-bond acceptors (Lipinski definition) is 9. The maximum absolute atomic E-state index is 12.0. The smallest absolute Gasteiger partial charge is 0.354 e. The molecule has 0 radical (unpaired) electrons. The fourth-order valence-electron chi connectivity index (χ4n) is 2.21. The molecule has 2 N–H and O–H groups in total. The number of aliphatic hydroxyl groups excluding tert-OH is 1. The van der Waals surface area contributed by atoms with E-state index in [2.05, 4.69) is 10.2 Å². The van der Waals surface area contributed by atoms with Gasteiger partial charge in [-0.2, -0.15) is 0 Å². The van der Waals surface area contributed by atoms with E-state index in [0.717, 1.165) is 4.34 Å². The van der Waals surface area contributed by atoms with Crippen LogP contribution in [-0.4, -0.2) is 53.7 Å². The van der Waals surface area contributed by atoms with Gasteiger partial charge in [0, 0.05) is 0 Å². The number of hydrogen-bond donors (Lipinski definition) is 2. The van der Waals surface area contributed by atoms with Crippen molar-refractivity contribution in [3.05, 3.63) is 15.4 Å². The van der Waals surface area contributed by atoms with Crippen molar-refractivity contribution in [1.82, 2.24) is 15.1 Å². The molecule has 1 fully saturated rings. The number of aromatic nitrogens is 2. The summed E-state index contributed by atoms with van der Waals surface area (Å²) in [5, 5.41) is 26.9. The number of carbonyl (C=O) groups excluding carboxylic acids is 1. The summed E-state index contributed by atoms with van der Waals surface area (Å²) in [4.78, 5) is 24.8. The minimum Gasteiger partial charge on any atom is -0.477 e. The fraction of sp³-hybridized carbons (Fsp3) is 0.455. The molecule has 1 aromatic rings. The van der Waals surface area contributed by atoms with E-state index in [0.29, 0.717) is 9.32 Å². The minimum absolute atomic E-state index is 0.0276. The van der Waals surface area contributed by atoms with Crippen LogP contribution in [0.5, 0.6) is 0 Å². The van der Waals surface area contributed by atoms with E-state index >= 15 is 0 Å². The second-order valence-electron chi connectivity index (χ2n) is 4.54. The number of nitrogens with zero attached hydrogens (tertiary/aromatic N) is 3. The number of rotatable bonds is 6. The summed E-state index contributed by atoms with van der Waals surface area (Å²) < 4.78 is 1.42. The standard InChI is InChI=1S/C11H11N3O4S4/c1-4(15)5-7(16)14-6(9(17)18)10(22-8(5)14)20-3-21-11-13-12-2-19-11/h2,4-5,8,15H,3H2,1H3,(H,17,18)/t4?,5-,8+/m0/s1. The Kier molecular flexibility index (Phi) is 4.69. The first kappa shape index (κ1) is 16.1. The normalized spacial score (nSPS) is 25.2. The van der Waals surface area contributed by atoms with E-state index in [1.165, 1.54) is 51.5 Å². The van der Waals surface area contributed by atoms with Gasteiger partial charge in [-0.1, -0.05) is 34.9 Å². The Labute approximate surface area is 142 Å². The second-order valence-corrected chi connectivity index (χ2v) is 9.33. The van der Waals surface area contributed by atoms with Crippen LogP contribution in [0, 0.1) is 5.92 Å². The van der Waals surface area contributed by atoms with Crippen LogP contribution in [0.1, 0.15) is 6.92 Å². The molecule has 1 aromatic heterocycles. The number of aliphatic carboxylic acids is 1. The van der Waals surface area contributed by atoms with Crippen LogP contribution < -0.4 is 0 Å². The molecular weight excluding hydrogens is 366 g/mol. The van der Waals surface area contributed by atoms with Gasteiger partial charge in [0.2, 0.25) is 5.91 Å². The van der Waals surface area contributed by atoms with Gasteiger partial charge in [0.15, 0.2) is 10.0 Å². The van der Waals surface area contributed by atoms with Crippen molar-refractivity contribution in [2.45, 2.75) is 22.7 Å². The molecule has 11 heteroatoms. The van der Waals surface area contributed by atoms with Gasteiger partial charge in [-0.05, 0) is 6.92 Å². The third kappa shape index (κ3) is 2.75. The molecule has 0 spiro atoms. The molecule has 2 aliphatic heterocycles. The number of fused-ring (bicyclic) bond motifs is 1. The number of β-lactam (4-membered cyclic amide) rings is 1. The topological polar surface area (TPSA) is 104 Å². The quantitative estimate of drug-likeness (QED) is 0.433. The lowest BCUT2D eigenvalue weighted by Crippen LogP contribution is -2.60. The average Bonchev–Trinajstić information content (AvgIpc) is 3.04. The van der Waals surface area contributed by atoms with E-state index in [4.69, 9.17) is 0 Å². The predicted octanol–water partition coefficient (Wildman–Crippen LogP) is 1.49. The highest BCUT2D eigenvalue weighted by molar-refractivity contribution is 8.28. The second kappa shape index (κ2) is 6.40. The molecule has 3 atom stereocenters. The third-order valence-corrected chi connectivity index (χ3v) is 7.83. The molecule has 1 unspecified atom stereocenters. The predicted molar refractivity (Wildman–Crippen MR) is 86.3 cm³/mol. The third-order valence-electron chi connectivity index (χ3n) is 3.18. The van der Waals surface area contributed by atoms with Gasteiger partial charge < -0.3 is 10.2 Å².